The van der Waals surface area contributed by atoms with Crippen molar-refractivity contribution in [2.24, 2.45) is 0 Å². The quantitative estimate of drug-likeness (QED) is 0.908. The van der Waals surface area contributed by atoms with Crippen molar-refractivity contribution < 1.29 is 9.90 Å². The Balaban J connectivity index is 2.74. The Morgan fingerprint density at radius 2 is 2.31 bits per heavy atom. The van der Waals surface area contributed by atoms with E-state index in [1.54, 1.807) is 4.90 Å². The number of halogens is 1. The maximum Gasteiger partial charge on any atom is 0.263 e. The number of amides is 1. The molecule has 16 heavy (non-hydrogen) atoms. The van der Waals surface area contributed by atoms with E-state index >= 15 is 0 Å². The Kier molecular flexibility index (Phi) is 5.44. The molecule has 0 aromatic carbocycles. The molecule has 0 saturated heterocycles. The van der Waals surface area contributed by atoms with Gasteiger partial charge in [-0.05, 0) is 47.8 Å². The number of aliphatic hydroxyl groups is 1. The van der Waals surface area contributed by atoms with Crippen LogP contribution in [0.4, 0.5) is 0 Å². The lowest BCUT2D eigenvalue weighted by Gasteiger charge is -2.19. The summed E-state index contributed by atoms with van der Waals surface area (Å²) in [6, 6.07) is 1.90. The third kappa shape index (κ3) is 3.30. The van der Waals surface area contributed by atoms with Crippen molar-refractivity contribution in [1.82, 2.24) is 4.90 Å². The zero-order chi connectivity index (χ0) is 12.1. The third-order valence-electron chi connectivity index (χ3n) is 2.32. The lowest BCUT2D eigenvalue weighted by molar-refractivity contribution is 0.0759. The molecule has 0 unspecified atom stereocenters. The fraction of sp³-hybridized carbons (Fsp3) is 0.545. The molecular formula is C11H16BrNO2S. The Morgan fingerprint density at radius 1 is 1.62 bits per heavy atom. The number of hydrogen-bond acceptors (Lipinski definition) is 3. The van der Waals surface area contributed by atoms with Crippen LogP contribution in [-0.2, 0) is 0 Å². The maximum atomic E-state index is 12.1. The van der Waals surface area contributed by atoms with Gasteiger partial charge in [0.2, 0.25) is 0 Å². The predicted molar refractivity (Wildman–Crippen MR) is 70.0 cm³/mol. The zero-order valence-electron chi connectivity index (χ0n) is 9.49. The van der Waals surface area contributed by atoms with E-state index in [1.807, 2.05) is 19.9 Å². The minimum absolute atomic E-state index is 0.0507. The van der Waals surface area contributed by atoms with E-state index in [0.29, 0.717) is 19.5 Å². The first-order chi connectivity index (χ1) is 7.60. The van der Waals surface area contributed by atoms with E-state index in [0.717, 1.165) is 14.2 Å². The molecule has 0 spiro atoms. The first-order valence-electron chi connectivity index (χ1n) is 5.26. The van der Waals surface area contributed by atoms with Gasteiger partial charge in [0.25, 0.3) is 5.91 Å². The first kappa shape index (κ1) is 13.7. The van der Waals surface area contributed by atoms with Crippen LogP contribution < -0.4 is 0 Å². The number of hydrogen-bond donors (Lipinski definition) is 1. The lowest BCUT2D eigenvalue weighted by Crippen LogP contribution is -2.31. The molecule has 0 fully saturated rings. The van der Waals surface area contributed by atoms with E-state index in [9.17, 15) is 4.79 Å². The molecule has 0 aliphatic carbocycles. The van der Waals surface area contributed by atoms with Crippen LogP contribution in [0.2, 0.25) is 0 Å². The second-order valence-electron chi connectivity index (χ2n) is 3.53. The number of carbonyl (C=O) groups is 1. The molecule has 1 rings (SSSR count). The SMILES string of the molecule is CCN(CCCO)C(=O)c1cc(C)c(Br)s1. The summed E-state index contributed by atoms with van der Waals surface area (Å²) in [4.78, 5) is 14.6. The van der Waals surface area contributed by atoms with Crippen molar-refractivity contribution in [3.8, 4) is 0 Å². The van der Waals surface area contributed by atoms with E-state index < -0.39 is 0 Å². The number of rotatable bonds is 5. The largest absolute Gasteiger partial charge is 0.396 e. The predicted octanol–water partition coefficient (Wildman–Crippen LogP) is 2.66. The summed E-state index contributed by atoms with van der Waals surface area (Å²) in [6.45, 7) is 5.33. The van der Waals surface area contributed by atoms with Crippen LogP contribution in [0.3, 0.4) is 0 Å². The maximum absolute atomic E-state index is 12.1. The molecule has 1 aromatic heterocycles. The Labute approximate surface area is 108 Å². The van der Waals surface area contributed by atoms with Gasteiger partial charge >= 0.3 is 0 Å². The van der Waals surface area contributed by atoms with E-state index in [1.165, 1.54) is 11.3 Å². The zero-order valence-corrected chi connectivity index (χ0v) is 11.9. The standard InChI is InChI=1S/C11H16BrNO2S/c1-3-13(5-4-6-14)11(15)9-7-8(2)10(12)16-9/h7,14H,3-6H2,1-2H3. The molecule has 90 valence electrons. The number of thiophene rings is 1. The molecule has 5 heteroatoms. The van der Waals surface area contributed by atoms with Gasteiger partial charge in [0.1, 0.15) is 0 Å². The van der Waals surface area contributed by atoms with Crippen LogP contribution >= 0.6 is 27.3 Å². The normalized spacial score (nSPS) is 10.5. The molecule has 3 nitrogen and oxygen atoms in total. The molecule has 1 heterocycles. The van der Waals surface area contributed by atoms with Crippen molar-refractivity contribution in [3.05, 3.63) is 20.3 Å². The summed E-state index contributed by atoms with van der Waals surface area (Å²) >= 11 is 4.88. The fourth-order valence-electron chi connectivity index (χ4n) is 1.39. The highest BCUT2D eigenvalue weighted by Crippen LogP contribution is 2.28. The highest BCUT2D eigenvalue weighted by Gasteiger charge is 2.16. The molecule has 0 bridgehead atoms. The molecule has 1 N–H and O–H groups in total. The molecule has 0 atom stereocenters. The average molecular weight is 306 g/mol. The van der Waals surface area contributed by atoms with Crippen molar-refractivity contribution in [1.29, 1.82) is 0 Å². The van der Waals surface area contributed by atoms with Crippen LogP contribution in [0.25, 0.3) is 0 Å². The van der Waals surface area contributed by atoms with Gasteiger partial charge in [-0.1, -0.05) is 0 Å². The lowest BCUT2D eigenvalue weighted by atomic mass is 10.3. The van der Waals surface area contributed by atoms with E-state index in [4.69, 9.17) is 5.11 Å². The van der Waals surface area contributed by atoms with E-state index in [-0.39, 0.29) is 12.5 Å². The third-order valence-corrected chi connectivity index (χ3v) is 4.45. The number of aliphatic hydroxyl groups excluding tert-OH is 1. The average Bonchev–Trinajstić information content (AvgIpc) is 2.60. The van der Waals surface area contributed by atoms with Gasteiger partial charge in [0, 0.05) is 19.7 Å². The van der Waals surface area contributed by atoms with E-state index in [2.05, 4.69) is 15.9 Å². The van der Waals surface area contributed by atoms with Gasteiger partial charge in [0.05, 0.1) is 8.66 Å². The molecule has 0 radical (unpaired) electrons. The second-order valence-corrected chi connectivity index (χ2v) is 5.90. The highest BCUT2D eigenvalue weighted by atomic mass is 79.9. The molecule has 0 aliphatic rings. The Hall–Kier alpha value is -0.390. The van der Waals surface area contributed by atoms with Crippen molar-refractivity contribution >= 4 is 33.2 Å². The highest BCUT2D eigenvalue weighted by molar-refractivity contribution is 9.11. The summed E-state index contributed by atoms with van der Waals surface area (Å²) in [5.41, 5.74) is 1.09. The van der Waals surface area contributed by atoms with Crippen molar-refractivity contribution in [3.63, 3.8) is 0 Å². The molecule has 1 aromatic rings. The molecule has 1 amide bonds. The number of nitrogens with zero attached hydrogens (tertiary/aromatic N) is 1. The minimum Gasteiger partial charge on any atom is -0.396 e. The van der Waals surface area contributed by atoms with Gasteiger partial charge in [-0.25, -0.2) is 0 Å². The molecule has 0 aliphatic heterocycles. The van der Waals surface area contributed by atoms with Crippen LogP contribution in [0.5, 0.6) is 0 Å². The first-order valence-corrected chi connectivity index (χ1v) is 6.87. The molecule has 0 saturated carbocycles. The van der Waals surface area contributed by atoms with Crippen LogP contribution in [0, 0.1) is 6.92 Å². The van der Waals surface area contributed by atoms with Gasteiger partial charge in [0.15, 0.2) is 0 Å². The summed E-state index contributed by atoms with van der Waals surface area (Å²) < 4.78 is 1.01. The van der Waals surface area contributed by atoms with Gasteiger partial charge in [-0.15, -0.1) is 11.3 Å². The minimum atomic E-state index is 0.0507. The van der Waals surface area contributed by atoms with Gasteiger partial charge < -0.3 is 10.0 Å². The van der Waals surface area contributed by atoms with Crippen LogP contribution in [0.1, 0.15) is 28.6 Å². The Bertz CT molecular complexity index is 345. The molecular weight excluding hydrogens is 290 g/mol. The van der Waals surface area contributed by atoms with Gasteiger partial charge in [-0.3, -0.25) is 4.79 Å². The Morgan fingerprint density at radius 3 is 2.75 bits per heavy atom. The monoisotopic (exact) mass is 305 g/mol. The summed E-state index contributed by atoms with van der Waals surface area (Å²) in [5.74, 6) is 0.0507. The van der Waals surface area contributed by atoms with Crippen molar-refractivity contribution in [2.75, 3.05) is 19.7 Å². The second kappa shape index (κ2) is 6.37. The smallest absolute Gasteiger partial charge is 0.263 e. The van der Waals surface area contributed by atoms with Crippen molar-refractivity contribution in [2.45, 2.75) is 20.3 Å². The van der Waals surface area contributed by atoms with Gasteiger partial charge in [-0.2, -0.15) is 0 Å². The van der Waals surface area contributed by atoms with Crippen LogP contribution in [0.15, 0.2) is 9.85 Å². The van der Waals surface area contributed by atoms with Crippen LogP contribution in [-0.4, -0.2) is 35.6 Å². The summed E-state index contributed by atoms with van der Waals surface area (Å²) in [7, 11) is 0. The fourth-order valence-corrected chi connectivity index (χ4v) is 2.89. The topological polar surface area (TPSA) is 40.5 Å². The number of carbonyl (C=O) groups excluding carboxylic acids is 1. The summed E-state index contributed by atoms with van der Waals surface area (Å²) in [5, 5.41) is 8.77. The number of aryl methyl sites for hydroxylation is 1. The summed E-state index contributed by atoms with van der Waals surface area (Å²) in [6.07, 6.45) is 0.630.